The molecule has 2 N–H and O–H groups in total. The average Bonchev–Trinajstić information content (AvgIpc) is 2.90. The summed E-state index contributed by atoms with van der Waals surface area (Å²) in [6.07, 6.45) is 0.960. The van der Waals surface area contributed by atoms with E-state index < -0.39 is 26.4 Å². The molecule has 5 heteroatoms. The van der Waals surface area contributed by atoms with Crippen LogP contribution < -0.4 is 5.73 Å². The number of ether oxygens (including phenoxy) is 1. The lowest BCUT2D eigenvalue weighted by atomic mass is 9.81. The number of benzene rings is 1. The van der Waals surface area contributed by atoms with Crippen molar-refractivity contribution in [2.24, 2.45) is 5.73 Å². The number of fused-ring (bicyclic) bond motifs is 1. The van der Waals surface area contributed by atoms with Crippen LogP contribution in [-0.4, -0.2) is 31.6 Å². The molecule has 1 saturated heterocycles. The largest absolute Gasteiger partial charge is 0.377 e. The molecular formula is C16H23NO3S. The van der Waals surface area contributed by atoms with Crippen LogP contribution in [0.5, 0.6) is 0 Å². The highest BCUT2D eigenvalue weighted by Gasteiger charge is 2.46. The van der Waals surface area contributed by atoms with E-state index in [1.165, 1.54) is 5.56 Å². The van der Waals surface area contributed by atoms with E-state index in [1.807, 2.05) is 25.1 Å². The van der Waals surface area contributed by atoms with Crippen LogP contribution in [0.4, 0.5) is 0 Å². The van der Waals surface area contributed by atoms with Crippen molar-refractivity contribution >= 4 is 9.84 Å². The fraction of sp³-hybridized carbons (Fsp3) is 0.625. The first-order chi connectivity index (χ1) is 9.93. The van der Waals surface area contributed by atoms with Crippen molar-refractivity contribution in [1.29, 1.82) is 0 Å². The van der Waals surface area contributed by atoms with E-state index in [4.69, 9.17) is 10.5 Å². The number of rotatable bonds is 2. The van der Waals surface area contributed by atoms with Gasteiger partial charge in [-0.25, -0.2) is 8.42 Å². The molecule has 1 heterocycles. The van der Waals surface area contributed by atoms with Crippen molar-refractivity contribution in [2.75, 3.05) is 6.61 Å². The Morgan fingerprint density at radius 3 is 2.43 bits per heavy atom. The van der Waals surface area contributed by atoms with E-state index in [0.29, 0.717) is 19.4 Å². The highest BCUT2D eigenvalue weighted by atomic mass is 32.2. The fourth-order valence-electron chi connectivity index (χ4n) is 3.79. The van der Waals surface area contributed by atoms with Crippen LogP contribution in [-0.2, 0) is 14.6 Å². The maximum atomic E-state index is 13.0. The molecule has 5 atom stereocenters. The minimum atomic E-state index is -3.29. The molecule has 0 radical (unpaired) electrons. The summed E-state index contributed by atoms with van der Waals surface area (Å²) < 4.78 is 31.5. The predicted octanol–water partition coefficient (Wildman–Crippen LogP) is 2.15. The molecule has 0 amide bonds. The van der Waals surface area contributed by atoms with Crippen LogP contribution in [0.1, 0.15) is 49.8 Å². The van der Waals surface area contributed by atoms with Gasteiger partial charge in [0.15, 0.2) is 9.84 Å². The van der Waals surface area contributed by atoms with Crippen LogP contribution in [0.25, 0.3) is 0 Å². The summed E-state index contributed by atoms with van der Waals surface area (Å²) in [6.45, 7) is 4.46. The molecular weight excluding hydrogens is 286 g/mol. The van der Waals surface area contributed by atoms with E-state index in [9.17, 15) is 8.42 Å². The van der Waals surface area contributed by atoms with Crippen molar-refractivity contribution in [2.45, 2.75) is 55.3 Å². The topological polar surface area (TPSA) is 69.4 Å². The molecule has 0 saturated carbocycles. The van der Waals surface area contributed by atoms with Crippen molar-refractivity contribution in [3.05, 3.63) is 35.4 Å². The van der Waals surface area contributed by atoms with Crippen LogP contribution in [0.2, 0.25) is 0 Å². The first kappa shape index (κ1) is 15.0. The SMILES string of the molecule is CC1CC(S(=O)(=O)C2CCOC2C)C(N)c2ccccc21. The third-order valence-electron chi connectivity index (χ3n) is 5.02. The van der Waals surface area contributed by atoms with Crippen molar-refractivity contribution in [1.82, 2.24) is 0 Å². The molecule has 1 fully saturated rings. The zero-order valence-electron chi connectivity index (χ0n) is 12.5. The Hall–Kier alpha value is -0.910. The van der Waals surface area contributed by atoms with Gasteiger partial charge in [0.05, 0.1) is 16.6 Å². The molecule has 0 aromatic heterocycles. The Bertz CT molecular complexity index is 628. The second kappa shape index (κ2) is 5.38. The van der Waals surface area contributed by atoms with E-state index in [0.717, 1.165) is 5.56 Å². The van der Waals surface area contributed by atoms with Gasteiger partial charge in [0, 0.05) is 12.6 Å². The summed E-state index contributed by atoms with van der Waals surface area (Å²) >= 11 is 0. The zero-order valence-corrected chi connectivity index (χ0v) is 13.3. The number of hydrogen-bond acceptors (Lipinski definition) is 4. The summed E-state index contributed by atoms with van der Waals surface area (Å²) in [5.74, 6) is 0.221. The van der Waals surface area contributed by atoms with E-state index >= 15 is 0 Å². The van der Waals surface area contributed by atoms with Crippen LogP contribution in [0, 0.1) is 0 Å². The molecule has 1 aromatic carbocycles. The van der Waals surface area contributed by atoms with Gasteiger partial charge in [0.25, 0.3) is 0 Å². The summed E-state index contributed by atoms with van der Waals surface area (Å²) in [4.78, 5) is 0. The standard InChI is InChI=1S/C16H23NO3S/c1-10-9-15(16(17)13-6-4-3-5-12(10)13)21(18,19)14-7-8-20-11(14)2/h3-6,10-11,14-16H,7-9,17H2,1-2H3. The van der Waals surface area contributed by atoms with E-state index in [1.54, 1.807) is 0 Å². The monoisotopic (exact) mass is 309 g/mol. The average molecular weight is 309 g/mol. The van der Waals surface area contributed by atoms with Crippen LogP contribution >= 0.6 is 0 Å². The third-order valence-corrected chi connectivity index (χ3v) is 7.82. The smallest absolute Gasteiger partial charge is 0.160 e. The Labute approximate surface area is 126 Å². The number of hydrogen-bond donors (Lipinski definition) is 1. The Morgan fingerprint density at radius 1 is 1.14 bits per heavy atom. The molecule has 1 aromatic rings. The van der Waals surface area contributed by atoms with Crippen molar-refractivity contribution in [3.63, 3.8) is 0 Å². The summed E-state index contributed by atoms with van der Waals surface area (Å²) in [7, 11) is -3.29. The molecule has 2 aliphatic rings. The van der Waals surface area contributed by atoms with E-state index in [-0.39, 0.29) is 12.0 Å². The molecule has 21 heavy (non-hydrogen) atoms. The quantitative estimate of drug-likeness (QED) is 0.909. The van der Waals surface area contributed by atoms with Gasteiger partial charge < -0.3 is 10.5 Å². The molecule has 116 valence electrons. The maximum Gasteiger partial charge on any atom is 0.160 e. The normalized spacial score (nSPS) is 36.4. The third kappa shape index (κ3) is 2.41. The fourth-order valence-corrected chi connectivity index (χ4v) is 6.39. The lowest BCUT2D eigenvalue weighted by Gasteiger charge is -2.36. The molecule has 1 aliphatic carbocycles. The molecule has 0 spiro atoms. The second-order valence-electron chi connectivity index (χ2n) is 6.32. The van der Waals surface area contributed by atoms with Gasteiger partial charge in [-0.3, -0.25) is 0 Å². The summed E-state index contributed by atoms with van der Waals surface area (Å²) in [5.41, 5.74) is 8.50. The first-order valence-corrected chi connectivity index (χ1v) is 9.22. The Balaban J connectivity index is 1.97. The minimum Gasteiger partial charge on any atom is -0.377 e. The van der Waals surface area contributed by atoms with Gasteiger partial charge in [0.1, 0.15) is 0 Å². The van der Waals surface area contributed by atoms with Crippen molar-refractivity contribution < 1.29 is 13.2 Å². The van der Waals surface area contributed by atoms with E-state index in [2.05, 4.69) is 13.0 Å². The summed E-state index contributed by atoms with van der Waals surface area (Å²) in [5, 5.41) is -0.914. The second-order valence-corrected chi connectivity index (χ2v) is 8.71. The van der Waals surface area contributed by atoms with Gasteiger partial charge in [-0.2, -0.15) is 0 Å². The number of sulfone groups is 1. The van der Waals surface area contributed by atoms with Gasteiger partial charge in [-0.15, -0.1) is 0 Å². The lowest BCUT2D eigenvalue weighted by Crippen LogP contribution is -2.44. The summed E-state index contributed by atoms with van der Waals surface area (Å²) in [6, 6.07) is 7.51. The lowest BCUT2D eigenvalue weighted by molar-refractivity contribution is 0.126. The zero-order chi connectivity index (χ0) is 15.2. The Morgan fingerprint density at radius 2 is 1.81 bits per heavy atom. The van der Waals surface area contributed by atoms with Crippen LogP contribution in [0.3, 0.4) is 0 Å². The van der Waals surface area contributed by atoms with Crippen molar-refractivity contribution in [3.8, 4) is 0 Å². The maximum absolute atomic E-state index is 13.0. The van der Waals surface area contributed by atoms with Gasteiger partial charge in [-0.1, -0.05) is 31.2 Å². The molecule has 4 nitrogen and oxygen atoms in total. The van der Waals surface area contributed by atoms with Gasteiger partial charge in [-0.05, 0) is 36.8 Å². The Kier molecular flexibility index (Phi) is 3.84. The highest BCUT2D eigenvalue weighted by Crippen LogP contribution is 2.41. The molecule has 1 aliphatic heterocycles. The number of nitrogens with two attached hydrogens (primary N) is 1. The minimum absolute atomic E-state index is 0.221. The molecule has 3 rings (SSSR count). The predicted molar refractivity (Wildman–Crippen MR) is 82.9 cm³/mol. The van der Waals surface area contributed by atoms with Crippen LogP contribution in [0.15, 0.2) is 24.3 Å². The first-order valence-electron chi connectivity index (χ1n) is 7.61. The van der Waals surface area contributed by atoms with Gasteiger partial charge in [0.2, 0.25) is 0 Å². The van der Waals surface area contributed by atoms with Gasteiger partial charge >= 0.3 is 0 Å². The molecule has 5 unspecified atom stereocenters. The highest BCUT2D eigenvalue weighted by molar-refractivity contribution is 7.92. The molecule has 0 bridgehead atoms.